The Bertz CT molecular complexity index is 557. The summed E-state index contributed by atoms with van der Waals surface area (Å²) >= 11 is 0. The van der Waals surface area contributed by atoms with E-state index >= 15 is 0 Å². The lowest BCUT2D eigenvalue weighted by Crippen LogP contribution is -1.93. The van der Waals surface area contributed by atoms with Gasteiger partial charge in [-0.1, -0.05) is 11.3 Å². The van der Waals surface area contributed by atoms with E-state index in [-0.39, 0.29) is 5.97 Å². The van der Waals surface area contributed by atoms with Crippen LogP contribution in [0.4, 0.5) is 0 Å². The highest BCUT2D eigenvalue weighted by atomic mass is 16.5. The van der Waals surface area contributed by atoms with Crippen molar-refractivity contribution in [3.05, 3.63) is 29.8 Å². The molecule has 0 radical (unpaired) electrons. The van der Waals surface area contributed by atoms with Crippen LogP contribution in [0, 0.1) is 0 Å². The maximum atomic E-state index is 10.9. The van der Waals surface area contributed by atoms with Crippen molar-refractivity contribution in [2.45, 2.75) is 0 Å². The zero-order chi connectivity index (χ0) is 11.5. The van der Waals surface area contributed by atoms with E-state index in [1.807, 2.05) is 25.2 Å². The molecule has 2 rings (SSSR count). The number of rotatable bonds is 2. The van der Waals surface area contributed by atoms with Crippen molar-refractivity contribution in [1.82, 2.24) is 15.0 Å². The molecule has 0 aliphatic rings. The second-order valence-corrected chi connectivity index (χ2v) is 3.32. The molecule has 1 heterocycles. The first-order chi connectivity index (χ1) is 7.70. The van der Waals surface area contributed by atoms with Crippen LogP contribution < -0.4 is 0 Å². The smallest absolute Gasteiger partial charge is 0.330 e. The third kappa shape index (κ3) is 1.93. The number of nitrogens with zero attached hydrogens (tertiary/aromatic N) is 3. The predicted molar refractivity (Wildman–Crippen MR) is 59.6 cm³/mol. The van der Waals surface area contributed by atoms with Crippen molar-refractivity contribution < 1.29 is 9.53 Å². The fourth-order valence-electron chi connectivity index (χ4n) is 1.39. The van der Waals surface area contributed by atoms with Crippen molar-refractivity contribution in [2.75, 3.05) is 7.11 Å². The van der Waals surface area contributed by atoms with E-state index in [0.717, 1.165) is 16.6 Å². The van der Waals surface area contributed by atoms with Crippen molar-refractivity contribution in [3.63, 3.8) is 0 Å². The van der Waals surface area contributed by atoms with Gasteiger partial charge in [0.2, 0.25) is 0 Å². The number of ether oxygens (including phenoxy) is 1. The summed E-state index contributed by atoms with van der Waals surface area (Å²) in [5.41, 5.74) is 2.64. The third-order valence-corrected chi connectivity index (χ3v) is 2.25. The number of hydrogen-bond donors (Lipinski definition) is 0. The van der Waals surface area contributed by atoms with Gasteiger partial charge in [-0.3, -0.25) is 0 Å². The third-order valence-electron chi connectivity index (χ3n) is 2.25. The summed E-state index contributed by atoms with van der Waals surface area (Å²) < 4.78 is 6.20. The number of fused-ring (bicyclic) bond motifs is 1. The maximum Gasteiger partial charge on any atom is 0.330 e. The second kappa shape index (κ2) is 4.14. The molecule has 16 heavy (non-hydrogen) atoms. The van der Waals surface area contributed by atoms with Gasteiger partial charge in [0.15, 0.2) is 0 Å². The first-order valence-electron chi connectivity index (χ1n) is 4.76. The highest BCUT2D eigenvalue weighted by Crippen LogP contribution is 2.13. The molecule has 0 amide bonds. The minimum atomic E-state index is -0.376. The summed E-state index contributed by atoms with van der Waals surface area (Å²) in [4.78, 5) is 10.9. The van der Waals surface area contributed by atoms with Gasteiger partial charge in [-0.25, -0.2) is 9.48 Å². The maximum absolute atomic E-state index is 10.9. The molecule has 0 atom stereocenters. The average Bonchev–Trinajstić information content (AvgIpc) is 2.67. The fourth-order valence-corrected chi connectivity index (χ4v) is 1.39. The lowest BCUT2D eigenvalue weighted by atomic mass is 10.2. The summed E-state index contributed by atoms with van der Waals surface area (Å²) in [5, 5.41) is 7.89. The molecule has 0 aliphatic heterocycles. The number of hydrogen-bond acceptors (Lipinski definition) is 4. The van der Waals surface area contributed by atoms with Crippen LogP contribution in [0.2, 0.25) is 0 Å². The van der Waals surface area contributed by atoms with Crippen LogP contribution in [0.3, 0.4) is 0 Å². The van der Waals surface area contributed by atoms with E-state index in [1.165, 1.54) is 13.2 Å². The zero-order valence-corrected chi connectivity index (χ0v) is 9.04. The van der Waals surface area contributed by atoms with Crippen LogP contribution in [0.25, 0.3) is 17.1 Å². The summed E-state index contributed by atoms with van der Waals surface area (Å²) in [5.74, 6) is -0.376. The average molecular weight is 217 g/mol. The molecule has 82 valence electrons. The molecule has 1 aromatic heterocycles. The molecule has 0 unspecified atom stereocenters. The molecule has 0 saturated heterocycles. The molecule has 2 aromatic rings. The van der Waals surface area contributed by atoms with Gasteiger partial charge in [-0.05, 0) is 23.8 Å². The Morgan fingerprint density at radius 3 is 3.06 bits per heavy atom. The molecular weight excluding hydrogens is 206 g/mol. The number of aromatic nitrogens is 3. The number of carbonyl (C=O) groups excluding carboxylic acids is 1. The van der Waals surface area contributed by atoms with Crippen LogP contribution in [0.1, 0.15) is 5.56 Å². The Morgan fingerprint density at radius 1 is 1.50 bits per heavy atom. The Morgan fingerprint density at radius 2 is 2.31 bits per heavy atom. The van der Waals surface area contributed by atoms with Crippen LogP contribution in [-0.2, 0) is 16.6 Å². The largest absolute Gasteiger partial charge is 0.466 e. The van der Waals surface area contributed by atoms with Crippen LogP contribution in [-0.4, -0.2) is 28.1 Å². The molecule has 5 heteroatoms. The monoisotopic (exact) mass is 217 g/mol. The summed E-state index contributed by atoms with van der Waals surface area (Å²) in [6.45, 7) is 0. The minimum Gasteiger partial charge on any atom is -0.466 e. The van der Waals surface area contributed by atoms with Gasteiger partial charge in [-0.15, -0.1) is 5.10 Å². The van der Waals surface area contributed by atoms with Gasteiger partial charge in [0.25, 0.3) is 0 Å². The number of aryl methyl sites for hydroxylation is 1. The summed E-state index contributed by atoms with van der Waals surface area (Å²) in [7, 11) is 3.18. The molecule has 1 aromatic carbocycles. The van der Waals surface area contributed by atoms with Gasteiger partial charge < -0.3 is 4.74 Å². The molecule has 0 bridgehead atoms. The van der Waals surface area contributed by atoms with Crippen LogP contribution >= 0.6 is 0 Å². The normalized spacial score (nSPS) is 11.1. The van der Waals surface area contributed by atoms with E-state index in [1.54, 1.807) is 10.8 Å². The molecular formula is C11H11N3O2. The Balaban J connectivity index is 2.33. The number of esters is 1. The van der Waals surface area contributed by atoms with Crippen molar-refractivity contribution >= 4 is 23.1 Å². The predicted octanol–water partition coefficient (Wildman–Crippen LogP) is 1.15. The standard InChI is InChI=1S/C11H11N3O2/c1-14-10-5-3-8(4-6-11(15)16-2)7-9(10)12-13-14/h3-7H,1-2H3. The Labute approximate surface area is 92.3 Å². The lowest BCUT2D eigenvalue weighted by Gasteiger charge is -1.94. The van der Waals surface area contributed by atoms with Gasteiger partial charge in [-0.2, -0.15) is 0 Å². The van der Waals surface area contributed by atoms with Gasteiger partial charge in [0.1, 0.15) is 5.52 Å². The highest BCUT2D eigenvalue weighted by Gasteiger charge is 2.00. The molecule has 5 nitrogen and oxygen atoms in total. The van der Waals surface area contributed by atoms with Crippen LogP contribution in [0.5, 0.6) is 0 Å². The van der Waals surface area contributed by atoms with E-state index in [0.29, 0.717) is 0 Å². The lowest BCUT2D eigenvalue weighted by molar-refractivity contribution is -0.134. The van der Waals surface area contributed by atoms with E-state index in [9.17, 15) is 4.79 Å². The molecule has 0 spiro atoms. The topological polar surface area (TPSA) is 57.0 Å². The van der Waals surface area contributed by atoms with E-state index in [4.69, 9.17) is 0 Å². The minimum absolute atomic E-state index is 0.376. The van der Waals surface area contributed by atoms with Crippen LogP contribution in [0.15, 0.2) is 24.3 Å². The number of benzene rings is 1. The second-order valence-electron chi connectivity index (χ2n) is 3.32. The number of carbonyl (C=O) groups is 1. The van der Waals surface area contributed by atoms with Crippen molar-refractivity contribution in [2.24, 2.45) is 7.05 Å². The Hall–Kier alpha value is -2.17. The zero-order valence-electron chi connectivity index (χ0n) is 9.04. The van der Waals surface area contributed by atoms with Gasteiger partial charge >= 0.3 is 5.97 Å². The quantitative estimate of drug-likeness (QED) is 0.559. The van der Waals surface area contributed by atoms with E-state index < -0.39 is 0 Å². The molecule has 0 aliphatic carbocycles. The first-order valence-corrected chi connectivity index (χ1v) is 4.76. The Kier molecular flexibility index (Phi) is 2.68. The molecule has 0 saturated carbocycles. The van der Waals surface area contributed by atoms with E-state index in [2.05, 4.69) is 15.0 Å². The molecule has 0 fully saturated rings. The SMILES string of the molecule is COC(=O)C=Cc1ccc2c(c1)nnn2C. The van der Waals surface area contributed by atoms with Gasteiger partial charge in [0, 0.05) is 13.1 Å². The number of methoxy groups -OCH3 is 1. The first kappa shape index (κ1) is 10.4. The highest BCUT2D eigenvalue weighted by molar-refractivity contribution is 5.88. The van der Waals surface area contributed by atoms with Gasteiger partial charge in [0.05, 0.1) is 12.6 Å². The summed E-state index contributed by atoms with van der Waals surface area (Å²) in [6.07, 6.45) is 3.05. The molecule has 0 N–H and O–H groups in total. The fraction of sp³-hybridized carbons (Fsp3) is 0.182. The van der Waals surface area contributed by atoms with Crippen molar-refractivity contribution in [3.8, 4) is 0 Å². The van der Waals surface area contributed by atoms with Crippen molar-refractivity contribution in [1.29, 1.82) is 0 Å². The summed E-state index contributed by atoms with van der Waals surface area (Å²) in [6, 6.07) is 5.67.